The van der Waals surface area contributed by atoms with Gasteiger partial charge in [-0.3, -0.25) is 14.2 Å². The van der Waals surface area contributed by atoms with Crippen molar-refractivity contribution in [3.63, 3.8) is 0 Å². The van der Waals surface area contributed by atoms with Crippen molar-refractivity contribution in [1.29, 1.82) is 0 Å². The number of nitrogens with zero attached hydrogens (tertiary/aromatic N) is 2. The lowest BCUT2D eigenvalue weighted by Gasteiger charge is -2.13. The largest absolute Gasteiger partial charge is 0.324 e. The fraction of sp³-hybridized carbons (Fsp3) is 0.267. The predicted octanol–water partition coefficient (Wildman–Crippen LogP) is 2.51. The van der Waals surface area contributed by atoms with Crippen LogP contribution in [0.15, 0.2) is 34.2 Å². The van der Waals surface area contributed by atoms with E-state index in [9.17, 15) is 18.4 Å². The fourth-order valence-corrected chi connectivity index (χ4v) is 3.61. The van der Waals surface area contributed by atoms with Crippen LogP contribution in [0.2, 0.25) is 0 Å². The molecule has 1 aromatic heterocycles. The molecule has 3 rings (SSSR count). The molecule has 1 atom stereocenters. The topological polar surface area (TPSA) is 64.0 Å². The summed E-state index contributed by atoms with van der Waals surface area (Å²) in [6.45, 7) is 1.74. The van der Waals surface area contributed by atoms with Gasteiger partial charge in [0, 0.05) is 30.0 Å². The summed E-state index contributed by atoms with van der Waals surface area (Å²) in [6, 6.07) is 4.01. The third kappa shape index (κ3) is 3.26. The molecule has 23 heavy (non-hydrogen) atoms. The van der Waals surface area contributed by atoms with Crippen molar-refractivity contribution >= 4 is 23.4 Å². The summed E-state index contributed by atoms with van der Waals surface area (Å²) in [6.07, 6.45) is 0.0153. The van der Waals surface area contributed by atoms with Crippen LogP contribution in [-0.4, -0.2) is 21.2 Å². The molecular weight excluding hydrogens is 324 g/mol. The standard InChI is InChI=1S/C15H13F2N3O2S/c1-8-4-14(22)20-10(7-23-15(20)18-8)6-13(21)19-12-3-2-9(16)5-11(12)17/h2-5,10H,6-7H2,1H3,(H,19,21)/t10-/m1/s1. The van der Waals surface area contributed by atoms with Crippen LogP contribution in [0.1, 0.15) is 18.2 Å². The van der Waals surface area contributed by atoms with Crippen LogP contribution in [0.3, 0.4) is 0 Å². The van der Waals surface area contributed by atoms with Crippen molar-refractivity contribution in [2.24, 2.45) is 0 Å². The van der Waals surface area contributed by atoms with Crippen molar-refractivity contribution in [2.75, 3.05) is 11.1 Å². The van der Waals surface area contributed by atoms with Crippen molar-refractivity contribution < 1.29 is 13.6 Å². The van der Waals surface area contributed by atoms with E-state index in [1.54, 1.807) is 6.92 Å². The molecule has 0 saturated heterocycles. The Morgan fingerprint density at radius 2 is 2.22 bits per heavy atom. The molecule has 1 N–H and O–H groups in total. The zero-order valence-corrected chi connectivity index (χ0v) is 13.0. The third-order valence-electron chi connectivity index (χ3n) is 3.44. The maximum Gasteiger partial charge on any atom is 0.254 e. The average molecular weight is 337 g/mol. The van der Waals surface area contributed by atoms with Gasteiger partial charge in [-0.2, -0.15) is 0 Å². The fourth-order valence-electron chi connectivity index (χ4n) is 2.42. The number of benzene rings is 1. The van der Waals surface area contributed by atoms with Crippen molar-refractivity contribution in [2.45, 2.75) is 24.5 Å². The number of aryl methyl sites for hydroxylation is 1. The number of hydrogen-bond donors (Lipinski definition) is 1. The molecule has 2 aromatic rings. The zero-order chi connectivity index (χ0) is 16.6. The number of fused-ring (bicyclic) bond motifs is 1. The second kappa shape index (κ2) is 6.11. The van der Waals surface area contributed by atoms with Crippen LogP contribution < -0.4 is 10.9 Å². The van der Waals surface area contributed by atoms with E-state index < -0.39 is 17.5 Å². The minimum absolute atomic E-state index is 0.0153. The Balaban J connectivity index is 1.74. The molecule has 0 unspecified atom stereocenters. The Morgan fingerprint density at radius 1 is 1.43 bits per heavy atom. The second-order valence-electron chi connectivity index (χ2n) is 5.23. The monoisotopic (exact) mass is 337 g/mol. The lowest BCUT2D eigenvalue weighted by molar-refractivity contribution is -0.116. The second-order valence-corrected chi connectivity index (χ2v) is 6.22. The molecular formula is C15H13F2N3O2S. The van der Waals surface area contributed by atoms with E-state index in [1.807, 2.05) is 0 Å². The van der Waals surface area contributed by atoms with Gasteiger partial charge in [-0.05, 0) is 19.1 Å². The summed E-state index contributed by atoms with van der Waals surface area (Å²) in [5.41, 5.74) is 0.340. The number of anilines is 1. The highest BCUT2D eigenvalue weighted by Crippen LogP contribution is 2.32. The van der Waals surface area contributed by atoms with Crippen LogP contribution in [0.5, 0.6) is 0 Å². The van der Waals surface area contributed by atoms with Gasteiger partial charge in [0.2, 0.25) is 5.91 Å². The van der Waals surface area contributed by atoms with E-state index in [0.29, 0.717) is 22.7 Å². The van der Waals surface area contributed by atoms with Crippen LogP contribution in [0.4, 0.5) is 14.5 Å². The minimum Gasteiger partial charge on any atom is -0.324 e. The first-order chi connectivity index (χ1) is 10.9. The van der Waals surface area contributed by atoms with Crippen LogP contribution in [-0.2, 0) is 4.79 Å². The van der Waals surface area contributed by atoms with E-state index in [2.05, 4.69) is 10.3 Å². The first-order valence-electron chi connectivity index (χ1n) is 6.92. The number of aromatic nitrogens is 2. The lowest BCUT2D eigenvalue weighted by atomic mass is 10.2. The number of carbonyl (C=O) groups is 1. The first-order valence-corrected chi connectivity index (χ1v) is 7.90. The summed E-state index contributed by atoms with van der Waals surface area (Å²) in [5, 5.41) is 2.98. The smallest absolute Gasteiger partial charge is 0.254 e. The number of halogens is 2. The third-order valence-corrected chi connectivity index (χ3v) is 4.54. The minimum atomic E-state index is -0.839. The molecule has 120 valence electrons. The van der Waals surface area contributed by atoms with Gasteiger partial charge in [0.05, 0.1) is 11.7 Å². The van der Waals surface area contributed by atoms with Gasteiger partial charge in [0.25, 0.3) is 5.56 Å². The molecule has 5 nitrogen and oxygen atoms in total. The highest BCUT2D eigenvalue weighted by atomic mass is 32.2. The SMILES string of the molecule is Cc1cc(=O)n2c(n1)SC[C@H]2CC(=O)Nc1ccc(F)cc1F. The summed E-state index contributed by atoms with van der Waals surface area (Å²) in [4.78, 5) is 28.4. The van der Waals surface area contributed by atoms with Gasteiger partial charge < -0.3 is 5.32 Å². The summed E-state index contributed by atoms with van der Waals surface area (Å²) >= 11 is 1.41. The van der Waals surface area contributed by atoms with Crippen molar-refractivity contribution in [1.82, 2.24) is 9.55 Å². The molecule has 1 aliphatic rings. The first kappa shape index (κ1) is 15.7. The van der Waals surface area contributed by atoms with Crippen molar-refractivity contribution in [3.05, 3.63) is 51.9 Å². The molecule has 0 fully saturated rings. The number of carbonyl (C=O) groups excluding carboxylic acids is 1. The average Bonchev–Trinajstić information content (AvgIpc) is 2.85. The normalized spacial score (nSPS) is 16.2. The number of thioether (sulfide) groups is 1. The van der Waals surface area contributed by atoms with Crippen molar-refractivity contribution in [3.8, 4) is 0 Å². The van der Waals surface area contributed by atoms with E-state index in [0.717, 1.165) is 12.1 Å². The number of nitrogens with one attached hydrogen (secondary N) is 1. The molecule has 0 saturated carbocycles. The predicted molar refractivity (Wildman–Crippen MR) is 82.6 cm³/mol. The molecule has 0 aliphatic carbocycles. The Morgan fingerprint density at radius 3 is 2.96 bits per heavy atom. The van der Waals surface area contributed by atoms with Gasteiger partial charge in [-0.25, -0.2) is 13.8 Å². The van der Waals surface area contributed by atoms with E-state index in [-0.39, 0.29) is 23.7 Å². The highest BCUT2D eigenvalue weighted by Gasteiger charge is 2.27. The van der Waals surface area contributed by atoms with E-state index >= 15 is 0 Å². The van der Waals surface area contributed by atoms with Gasteiger partial charge in [-0.1, -0.05) is 11.8 Å². The molecule has 1 amide bonds. The molecule has 2 heterocycles. The molecule has 1 aromatic carbocycles. The van der Waals surface area contributed by atoms with Gasteiger partial charge in [-0.15, -0.1) is 0 Å². The Kier molecular flexibility index (Phi) is 4.16. The highest BCUT2D eigenvalue weighted by molar-refractivity contribution is 7.99. The Labute approximate surface area is 134 Å². The molecule has 0 spiro atoms. The number of rotatable bonds is 3. The maximum absolute atomic E-state index is 13.5. The van der Waals surface area contributed by atoms with E-state index in [4.69, 9.17) is 0 Å². The molecule has 0 bridgehead atoms. The zero-order valence-electron chi connectivity index (χ0n) is 12.2. The molecule has 1 aliphatic heterocycles. The lowest BCUT2D eigenvalue weighted by Crippen LogP contribution is -2.27. The molecule has 0 radical (unpaired) electrons. The summed E-state index contributed by atoms with van der Waals surface area (Å²) in [5.74, 6) is -1.45. The van der Waals surface area contributed by atoms with E-state index in [1.165, 1.54) is 22.4 Å². The Bertz CT molecular complexity index is 838. The quantitative estimate of drug-likeness (QED) is 0.874. The van der Waals surface area contributed by atoms with Crippen LogP contribution in [0.25, 0.3) is 0 Å². The van der Waals surface area contributed by atoms with Gasteiger partial charge >= 0.3 is 0 Å². The molecule has 8 heteroatoms. The summed E-state index contributed by atoms with van der Waals surface area (Å²) in [7, 11) is 0. The van der Waals surface area contributed by atoms with Gasteiger partial charge in [0.1, 0.15) is 11.6 Å². The van der Waals surface area contributed by atoms with Crippen LogP contribution >= 0.6 is 11.8 Å². The number of amides is 1. The van der Waals surface area contributed by atoms with Crippen LogP contribution in [0, 0.1) is 18.6 Å². The maximum atomic E-state index is 13.5. The van der Waals surface area contributed by atoms with Gasteiger partial charge in [0.15, 0.2) is 5.16 Å². The summed E-state index contributed by atoms with van der Waals surface area (Å²) < 4.78 is 27.9. The Hall–Kier alpha value is -2.22. The number of hydrogen-bond acceptors (Lipinski definition) is 4.